The Hall–Kier alpha value is -3.60. The van der Waals surface area contributed by atoms with Crippen LogP contribution in [0.5, 0.6) is 0 Å². The van der Waals surface area contributed by atoms with Crippen molar-refractivity contribution < 1.29 is 14.7 Å². The molecule has 5 rings (SSSR count). The molecule has 0 aromatic carbocycles. The number of imidazole rings is 1. The van der Waals surface area contributed by atoms with Gasteiger partial charge in [-0.1, -0.05) is 17.7 Å². The Morgan fingerprint density at radius 1 is 1.16 bits per heavy atom. The Bertz CT molecular complexity index is 1360. The van der Waals surface area contributed by atoms with E-state index in [1.54, 1.807) is 6.20 Å². The Morgan fingerprint density at radius 2 is 1.92 bits per heavy atom. The second-order valence-electron chi connectivity index (χ2n) is 10.4. The summed E-state index contributed by atoms with van der Waals surface area (Å²) in [5, 5.41) is 9.73. The molecule has 38 heavy (non-hydrogen) atoms. The summed E-state index contributed by atoms with van der Waals surface area (Å²) >= 11 is 6.48. The fourth-order valence-corrected chi connectivity index (χ4v) is 5.73. The molecule has 3 aromatic rings. The second kappa shape index (κ2) is 9.94. The summed E-state index contributed by atoms with van der Waals surface area (Å²) in [5.74, 6) is 1.02. The molecule has 2 fully saturated rings. The molecular weight excluding hydrogens is 508 g/mol. The molecule has 11 nitrogen and oxygen atoms in total. The third kappa shape index (κ3) is 4.48. The summed E-state index contributed by atoms with van der Waals surface area (Å²) in [7, 11) is 0. The minimum absolute atomic E-state index is 0.0698. The lowest BCUT2D eigenvalue weighted by molar-refractivity contribution is -0.142. The highest BCUT2D eigenvalue weighted by Crippen LogP contribution is 2.35. The molecule has 202 valence electrons. The zero-order chi connectivity index (χ0) is 27.2. The van der Waals surface area contributed by atoms with Gasteiger partial charge in [-0.3, -0.25) is 4.79 Å². The molecule has 0 radical (unpaired) electrons. The minimum Gasteiger partial charge on any atom is -0.465 e. The van der Waals surface area contributed by atoms with Crippen LogP contribution in [-0.4, -0.2) is 91.6 Å². The van der Waals surface area contributed by atoms with Crippen LogP contribution in [0.1, 0.15) is 33.4 Å². The van der Waals surface area contributed by atoms with Crippen molar-refractivity contribution in [3.63, 3.8) is 0 Å². The van der Waals surface area contributed by atoms with Crippen molar-refractivity contribution in [3.05, 3.63) is 47.5 Å². The van der Waals surface area contributed by atoms with Crippen molar-refractivity contribution in [3.8, 4) is 0 Å². The average molecular weight is 541 g/mol. The third-order valence-corrected chi connectivity index (χ3v) is 7.97. The van der Waals surface area contributed by atoms with Crippen LogP contribution < -0.4 is 9.80 Å². The van der Waals surface area contributed by atoms with Crippen molar-refractivity contribution in [2.24, 2.45) is 5.92 Å². The first-order chi connectivity index (χ1) is 18.1. The van der Waals surface area contributed by atoms with Crippen LogP contribution in [0.4, 0.5) is 16.6 Å². The number of hydrogen-bond acceptors (Lipinski definition) is 7. The fraction of sp³-hybridized carbons (Fsp3) is 0.500. The predicted molar refractivity (Wildman–Crippen MR) is 145 cm³/mol. The van der Waals surface area contributed by atoms with Gasteiger partial charge in [-0.2, -0.15) is 4.98 Å². The summed E-state index contributed by atoms with van der Waals surface area (Å²) in [6.07, 6.45) is 4.48. The highest BCUT2D eigenvalue weighted by molar-refractivity contribution is 6.32. The van der Waals surface area contributed by atoms with E-state index in [1.807, 2.05) is 63.5 Å². The summed E-state index contributed by atoms with van der Waals surface area (Å²) < 4.78 is 2.03. The maximum Gasteiger partial charge on any atom is 0.407 e. The van der Waals surface area contributed by atoms with E-state index in [1.165, 1.54) is 4.90 Å². The summed E-state index contributed by atoms with van der Waals surface area (Å²) in [4.78, 5) is 46.0. The van der Waals surface area contributed by atoms with Gasteiger partial charge in [0.1, 0.15) is 10.7 Å². The number of anilines is 2. The molecule has 1 atom stereocenters. The molecular formula is C26H33ClN8O3. The number of carbonyl (C=O) groups is 2. The van der Waals surface area contributed by atoms with E-state index in [4.69, 9.17) is 16.6 Å². The third-order valence-electron chi connectivity index (χ3n) is 7.70. The smallest absolute Gasteiger partial charge is 0.407 e. The molecule has 2 saturated heterocycles. The SMILES string of the molecule is CCN(C(=O)C1CN(c2nc(N3CCN(C(=O)O)CC3C)ncc2Cl)C1)C(C)(C)c1cnc2ccccn12. The Kier molecular flexibility index (Phi) is 6.81. The van der Waals surface area contributed by atoms with Gasteiger partial charge in [0, 0.05) is 51.5 Å². The molecule has 0 aliphatic carbocycles. The van der Waals surface area contributed by atoms with Crippen LogP contribution in [0.2, 0.25) is 5.02 Å². The van der Waals surface area contributed by atoms with E-state index in [-0.39, 0.29) is 17.9 Å². The van der Waals surface area contributed by atoms with E-state index in [0.29, 0.717) is 56.1 Å². The van der Waals surface area contributed by atoms with Crippen molar-refractivity contribution in [1.29, 1.82) is 0 Å². The molecule has 2 amide bonds. The lowest BCUT2D eigenvalue weighted by atomic mass is 9.92. The summed E-state index contributed by atoms with van der Waals surface area (Å²) in [6.45, 7) is 10.9. The van der Waals surface area contributed by atoms with Crippen LogP contribution in [0.25, 0.3) is 5.65 Å². The first-order valence-electron chi connectivity index (χ1n) is 12.9. The van der Waals surface area contributed by atoms with E-state index < -0.39 is 11.6 Å². The van der Waals surface area contributed by atoms with Crippen molar-refractivity contribution in [1.82, 2.24) is 29.2 Å². The molecule has 0 saturated carbocycles. The van der Waals surface area contributed by atoms with E-state index in [0.717, 1.165) is 11.3 Å². The predicted octanol–water partition coefficient (Wildman–Crippen LogP) is 3.19. The van der Waals surface area contributed by atoms with Gasteiger partial charge in [0.05, 0.1) is 29.5 Å². The van der Waals surface area contributed by atoms with Gasteiger partial charge >= 0.3 is 6.09 Å². The van der Waals surface area contributed by atoms with Crippen molar-refractivity contribution in [2.75, 3.05) is 49.1 Å². The first-order valence-corrected chi connectivity index (χ1v) is 13.3. The van der Waals surface area contributed by atoms with Gasteiger partial charge in [0.15, 0.2) is 5.82 Å². The molecule has 0 spiro atoms. The van der Waals surface area contributed by atoms with Crippen LogP contribution >= 0.6 is 11.6 Å². The monoisotopic (exact) mass is 540 g/mol. The number of aromatic nitrogens is 4. The molecule has 5 heterocycles. The fourth-order valence-electron chi connectivity index (χ4n) is 5.52. The van der Waals surface area contributed by atoms with Gasteiger partial charge in [0.25, 0.3) is 0 Å². The van der Waals surface area contributed by atoms with Crippen LogP contribution in [0, 0.1) is 5.92 Å². The standard InChI is InChI=1S/C26H33ClN8O3/c1-5-35(26(3,4)20-13-28-21-8-6-7-9-34(20)21)23(36)18-15-32(16-18)22-19(27)12-29-24(30-22)33-11-10-31(25(37)38)14-17(33)2/h6-9,12-13,17-18H,5,10-11,14-16H2,1-4H3,(H,37,38). The van der Waals surface area contributed by atoms with E-state index in [9.17, 15) is 14.7 Å². The topological polar surface area (TPSA) is 110 Å². The highest BCUT2D eigenvalue weighted by atomic mass is 35.5. The number of halogens is 1. The van der Waals surface area contributed by atoms with Crippen LogP contribution in [0.3, 0.4) is 0 Å². The van der Waals surface area contributed by atoms with E-state index in [2.05, 4.69) is 23.8 Å². The quantitative estimate of drug-likeness (QED) is 0.507. The first kappa shape index (κ1) is 26.0. The molecule has 3 aromatic heterocycles. The lowest BCUT2D eigenvalue weighted by Crippen LogP contribution is -2.58. The van der Waals surface area contributed by atoms with E-state index >= 15 is 0 Å². The lowest BCUT2D eigenvalue weighted by Gasteiger charge is -2.45. The maximum absolute atomic E-state index is 13.7. The molecule has 0 bridgehead atoms. The largest absolute Gasteiger partial charge is 0.465 e. The molecule has 2 aliphatic rings. The number of piperazine rings is 1. The molecule has 2 aliphatic heterocycles. The zero-order valence-corrected chi connectivity index (χ0v) is 22.8. The normalized spacial score (nSPS) is 18.6. The number of carbonyl (C=O) groups excluding carboxylic acids is 1. The second-order valence-corrected chi connectivity index (χ2v) is 10.8. The van der Waals surface area contributed by atoms with Gasteiger partial charge in [-0.05, 0) is 39.8 Å². The number of hydrogen-bond donors (Lipinski definition) is 1. The molecule has 1 N–H and O–H groups in total. The Labute approximate surface area is 226 Å². The average Bonchev–Trinajstić information content (AvgIpc) is 3.30. The number of nitrogens with zero attached hydrogens (tertiary/aromatic N) is 8. The van der Waals surface area contributed by atoms with Crippen molar-refractivity contribution in [2.45, 2.75) is 39.3 Å². The molecule has 1 unspecified atom stereocenters. The summed E-state index contributed by atoms with van der Waals surface area (Å²) in [6, 6.07) is 5.79. The zero-order valence-electron chi connectivity index (χ0n) is 22.1. The molecule has 12 heteroatoms. The number of amides is 2. The maximum atomic E-state index is 13.7. The van der Waals surface area contributed by atoms with Crippen LogP contribution in [-0.2, 0) is 10.3 Å². The number of fused-ring (bicyclic) bond motifs is 1. The highest BCUT2D eigenvalue weighted by Gasteiger charge is 2.42. The number of carboxylic acid groups (broad SMARTS) is 1. The number of pyridine rings is 1. The van der Waals surface area contributed by atoms with Crippen molar-refractivity contribution >= 4 is 41.0 Å². The number of rotatable bonds is 6. The van der Waals surface area contributed by atoms with Gasteiger partial charge in [-0.25, -0.2) is 14.8 Å². The van der Waals surface area contributed by atoms with Crippen LogP contribution in [0.15, 0.2) is 36.8 Å². The van der Waals surface area contributed by atoms with Gasteiger partial charge < -0.3 is 29.1 Å². The van der Waals surface area contributed by atoms with Gasteiger partial charge in [0.2, 0.25) is 11.9 Å². The Balaban J connectivity index is 1.29. The minimum atomic E-state index is -0.920. The Morgan fingerprint density at radius 3 is 2.61 bits per heavy atom. The summed E-state index contributed by atoms with van der Waals surface area (Å²) in [5.41, 5.74) is 1.25. The van der Waals surface area contributed by atoms with Gasteiger partial charge in [-0.15, -0.1) is 0 Å².